The van der Waals surface area contributed by atoms with Gasteiger partial charge in [0.1, 0.15) is 11.6 Å². The van der Waals surface area contributed by atoms with Crippen LogP contribution >= 0.6 is 15.9 Å². The van der Waals surface area contributed by atoms with Crippen molar-refractivity contribution < 1.29 is 82.2 Å². The zero-order valence-electron chi connectivity index (χ0n) is 18.1. The normalized spacial score (nSPS) is 27.6. The van der Waals surface area contributed by atoms with Gasteiger partial charge < -0.3 is 25.5 Å². The van der Waals surface area contributed by atoms with Crippen LogP contribution in [0.4, 0.5) is 17.6 Å². The number of halogens is 5. The zero-order chi connectivity index (χ0) is 22.9. The monoisotopic (exact) mass is 572 g/mol. The number of carboxylic acid groups (broad SMARTS) is 1. The Labute approximate surface area is 226 Å². The van der Waals surface area contributed by atoms with Gasteiger partial charge in [0.2, 0.25) is 0 Å². The van der Waals surface area contributed by atoms with Gasteiger partial charge in [-0.25, -0.2) is 17.6 Å². The first-order valence-corrected chi connectivity index (χ1v) is 11.0. The third-order valence-corrected chi connectivity index (χ3v) is 7.30. The van der Waals surface area contributed by atoms with Gasteiger partial charge in [-0.2, -0.15) is 0 Å². The Morgan fingerprint density at radius 1 is 0.943 bits per heavy atom. The maximum Gasteiger partial charge on any atom is 1.00 e. The fraction of sp³-hybridized carbons (Fsp3) is 0.364. The summed E-state index contributed by atoms with van der Waals surface area (Å²) < 4.78 is 63.8. The molecule has 6 atom stereocenters. The summed E-state index contributed by atoms with van der Waals surface area (Å²) in [5, 5.41) is 9.49. The van der Waals surface area contributed by atoms with Gasteiger partial charge in [0.25, 0.3) is 0 Å². The first-order chi connectivity index (χ1) is 15.3. The second-order valence-electron chi connectivity index (χ2n) is 8.20. The Balaban J connectivity index is 0.000000227. The number of ether oxygens (including phenoxy) is 2. The minimum atomic E-state index is -0.977. The molecule has 2 aromatic rings. The molecule has 2 heterocycles. The van der Waals surface area contributed by atoms with Crippen LogP contribution in [0.2, 0.25) is 0 Å². The summed E-state index contributed by atoms with van der Waals surface area (Å²) in [6.07, 6.45) is 0. The van der Waals surface area contributed by atoms with Crippen molar-refractivity contribution in [1.29, 1.82) is 0 Å². The van der Waals surface area contributed by atoms with Crippen LogP contribution in [0.5, 0.6) is 11.5 Å². The molecule has 2 aliphatic heterocycles. The Morgan fingerprint density at radius 3 is 2.00 bits per heavy atom. The van der Waals surface area contributed by atoms with Crippen molar-refractivity contribution in [3.8, 4) is 11.5 Å². The Hall–Kier alpha value is -1.70. The number of benzene rings is 2. The number of rotatable bonds is 2. The fourth-order valence-corrected chi connectivity index (χ4v) is 5.72. The summed E-state index contributed by atoms with van der Waals surface area (Å²) in [5.74, 6) is -6.00. The van der Waals surface area contributed by atoms with Gasteiger partial charge in [-0.15, -0.1) is 0 Å². The van der Waals surface area contributed by atoms with Gasteiger partial charge in [-0.3, -0.25) is 9.59 Å². The number of alkyl halides is 1. The Bertz CT molecular complexity index is 1160. The summed E-state index contributed by atoms with van der Waals surface area (Å²) in [4.78, 5) is 22.4. The van der Waals surface area contributed by atoms with E-state index in [0.717, 1.165) is 24.3 Å². The van der Waals surface area contributed by atoms with Crippen LogP contribution in [-0.4, -0.2) is 39.9 Å². The molecule has 7 nitrogen and oxygen atoms in total. The molecule has 4 unspecified atom stereocenters. The molecule has 184 valence electrons. The SMILES string of the molecule is O.O=C(O)[C@@H]1C2COc3c(F)ccc(F)c3C21.O=C1Oc2c(F)ccc(F)c2C2C1[C@H]2CBr.[Na+].[OH-]. The van der Waals surface area contributed by atoms with E-state index in [-0.39, 0.29) is 93.4 Å². The molecule has 0 amide bonds. The molecule has 13 heteroatoms. The van der Waals surface area contributed by atoms with Gasteiger partial charge in [0.05, 0.1) is 18.4 Å². The second kappa shape index (κ2) is 10.7. The number of hydrogen-bond donors (Lipinski definition) is 1. The molecule has 2 aromatic carbocycles. The van der Waals surface area contributed by atoms with Gasteiger partial charge in [0, 0.05) is 34.2 Å². The second-order valence-corrected chi connectivity index (χ2v) is 8.85. The van der Waals surface area contributed by atoms with Gasteiger partial charge in [-0.1, -0.05) is 15.9 Å². The summed E-state index contributed by atoms with van der Waals surface area (Å²) in [6.45, 7) is 0.148. The van der Waals surface area contributed by atoms with Crippen molar-refractivity contribution in [2.45, 2.75) is 11.8 Å². The predicted octanol–water partition coefficient (Wildman–Crippen LogP) is 0.382. The molecule has 2 saturated carbocycles. The third kappa shape index (κ3) is 4.72. The Kier molecular flexibility index (Phi) is 9.05. The van der Waals surface area contributed by atoms with Crippen LogP contribution in [0.15, 0.2) is 24.3 Å². The van der Waals surface area contributed by atoms with Crippen molar-refractivity contribution in [3.05, 3.63) is 58.7 Å². The summed E-state index contributed by atoms with van der Waals surface area (Å²) >= 11 is 3.26. The molecule has 4 aliphatic rings. The number of carbonyl (C=O) groups excluding carboxylic acids is 1. The average molecular weight is 573 g/mol. The molecule has 2 fully saturated rings. The van der Waals surface area contributed by atoms with E-state index in [1.54, 1.807) is 0 Å². The molecule has 0 bridgehead atoms. The molecule has 0 aromatic heterocycles. The van der Waals surface area contributed by atoms with Gasteiger partial charge in [0.15, 0.2) is 23.1 Å². The molecular weight excluding hydrogens is 555 g/mol. The molecule has 0 radical (unpaired) electrons. The summed E-state index contributed by atoms with van der Waals surface area (Å²) in [5.41, 5.74) is 0.303. The quantitative estimate of drug-likeness (QED) is 0.182. The average Bonchev–Trinajstić information content (AvgIpc) is 3.66. The topological polar surface area (TPSA) is 134 Å². The van der Waals surface area contributed by atoms with Gasteiger partial charge >= 0.3 is 41.5 Å². The maximum absolute atomic E-state index is 13.6. The van der Waals surface area contributed by atoms with E-state index in [2.05, 4.69) is 15.9 Å². The number of carboxylic acids is 1. The first kappa shape index (κ1) is 29.5. The summed E-state index contributed by atoms with van der Waals surface area (Å²) in [6, 6.07) is 4.06. The van der Waals surface area contributed by atoms with Crippen molar-refractivity contribution >= 4 is 27.9 Å². The standard InChI is InChI=1S/C11H7BrF2O2.C11H8F2O3.Na.2H2O/c12-3-4-7-8(4)11(15)16-10-6(14)2-1-5(13)9(7)10;12-5-1-2-6(13)10-9(5)7-4(3-16-10)8(7)11(14)15;;;/h1-2,4,7-8H,3H2;1-2,4,7-8H,3H2,(H,14,15);;2*1H2/q;;+1;;/p-1/t4-,7?,8?;4?,7?,8-;;;/m01.../s1. The minimum Gasteiger partial charge on any atom is -0.870 e. The van der Waals surface area contributed by atoms with Crippen molar-refractivity contribution in [2.24, 2.45) is 23.7 Å². The van der Waals surface area contributed by atoms with E-state index >= 15 is 0 Å². The molecule has 0 spiro atoms. The molecular formula is C22H18BrF4NaO7. The molecule has 35 heavy (non-hydrogen) atoms. The number of esters is 1. The van der Waals surface area contributed by atoms with E-state index in [1.807, 2.05) is 0 Å². The van der Waals surface area contributed by atoms with Crippen molar-refractivity contribution in [2.75, 3.05) is 11.9 Å². The smallest absolute Gasteiger partial charge is 0.870 e. The maximum atomic E-state index is 13.6. The van der Waals surface area contributed by atoms with Crippen LogP contribution < -0.4 is 39.0 Å². The fourth-order valence-electron chi connectivity index (χ4n) is 4.91. The van der Waals surface area contributed by atoms with Crippen molar-refractivity contribution in [3.63, 3.8) is 0 Å². The van der Waals surface area contributed by atoms with Crippen LogP contribution in [0.25, 0.3) is 0 Å². The van der Waals surface area contributed by atoms with Crippen molar-refractivity contribution in [1.82, 2.24) is 0 Å². The largest absolute Gasteiger partial charge is 1.00 e. The van der Waals surface area contributed by atoms with Gasteiger partial charge in [-0.05, 0) is 30.2 Å². The van der Waals surface area contributed by atoms with E-state index in [4.69, 9.17) is 14.6 Å². The van der Waals surface area contributed by atoms with E-state index in [9.17, 15) is 27.2 Å². The minimum absolute atomic E-state index is 0. The van der Waals surface area contributed by atoms with Crippen LogP contribution in [-0.2, 0) is 9.59 Å². The molecule has 2 aliphatic carbocycles. The van der Waals surface area contributed by atoms with Crippen LogP contribution in [0.1, 0.15) is 23.0 Å². The van der Waals surface area contributed by atoms with E-state index in [0.29, 0.717) is 5.33 Å². The first-order valence-electron chi connectivity index (χ1n) is 9.85. The van der Waals surface area contributed by atoms with E-state index < -0.39 is 47.0 Å². The molecule has 6 rings (SSSR count). The summed E-state index contributed by atoms with van der Waals surface area (Å²) in [7, 11) is 0. The van der Waals surface area contributed by atoms with Crippen LogP contribution in [0, 0.1) is 46.9 Å². The molecule has 4 N–H and O–H groups in total. The Morgan fingerprint density at radius 2 is 1.46 bits per heavy atom. The zero-order valence-corrected chi connectivity index (χ0v) is 21.7. The van der Waals surface area contributed by atoms with Crippen LogP contribution in [0.3, 0.4) is 0 Å². The van der Waals surface area contributed by atoms with E-state index in [1.165, 1.54) is 0 Å². The number of aliphatic carboxylic acids is 1. The number of carbonyl (C=O) groups is 2. The number of hydrogen-bond acceptors (Lipinski definition) is 5. The third-order valence-electron chi connectivity index (χ3n) is 6.55. The number of fused-ring (bicyclic) bond motifs is 6. The predicted molar refractivity (Wildman–Crippen MR) is 110 cm³/mol. The molecule has 0 saturated heterocycles.